The van der Waals surface area contributed by atoms with Crippen molar-refractivity contribution in [1.29, 1.82) is 0 Å². The Bertz CT molecular complexity index is 1270. The van der Waals surface area contributed by atoms with Gasteiger partial charge in [0.15, 0.2) is 11.3 Å². The summed E-state index contributed by atoms with van der Waals surface area (Å²) >= 11 is 0. The van der Waals surface area contributed by atoms with Crippen molar-refractivity contribution >= 4 is 29.3 Å². The van der Waals surface area contributed by atoms with Gasteiger partial charge in [-0.3, -0.25) is 0 Å². The molecule has 2 heterocycles. The Morgan fingerprint density at radius 2 is 1.61 bits per heavy atom. The monoisotopic (exact) mass is 490 g/mol. The first-order chi connectivity index (χ1) is 15.0. The Kier molecular flexibility index (Phi) is 6.25. The third-order valence-corrected chi connectivity index (χ3v) is 6.63. The molecule has 0 saturated heterocycles. The third-order valence-electron chi connectivity index (χ3n) is 5.13. The minimum absolute atomic E-state index is 0.0184. The van der Waals surface area contributed by atoms with Gasteiger partial charge in [0.05, 0.1) is 17.0 Å². The van der Waals surface area contributed by atoms with Gasteiger partial charge in [-0.25, -0.2) is 15.0 Å². The Morgan fingerprint density at radius 3 is 2.15 bits per heavy atom. The van der Waals surface area contributed by atoms with Crippen LogP contribution in [0.3, 0.4) is 0 Å². The Labute approximate surface area is 186 Å². The predicted molar refractivity (Wildman–Crippen MR) is 114 cm³/mol. The molecule has 12 heteroatoms. The fraction of sp³-hybridized carbons (Fsp3) is 0.381. The van der Waals surface area contributed by atoms with Gasteiger partial charge >= 0.3 is 12.4 Å². The molecule has 1 atom stereocenters. The Balaban J connectivity index is 2.18. The summed E-state index contributed by atoms with van der Waals surface area (Å²) in [6.45, 7) is 6.80. The molecular formula is C21H21F6N4OP. The molecule has 0 aliphatic rings. The van der Waals surface area contributed by atoms with Crippen molar-refractivity contribution in [3.63, 3.8) is 0 Å². The van der Waals surface area contributed by atoms with E-state index < -0.39 is 42.1 Å². The van der Waals surface area contributed by atoms with Crippen LogP contribution in [-0.2, 0) is 16.9 Å². The van der Waals surface area contributed by atoms with Crippen molar-refractivity contribution in [2.24, 2.45) is 0 Å². The number of hydrogen-bond donors (Lipinski definition) is 1. The molecule has 2 aromatic heterocycles. The van der Waals surface area contributed by atoms with E-state index in [2.05, 4.69) is 20.3 Å². The van der Waals surface area contributed by atoms with Gasteiger partial charge in [-0.2, -0.15) is 26.3 Å². The van der Waals surface area contributed by atoms with E-state index >= 15 is 0 Å². The highest BCUT2D eigenvalue weighted by Crippen LogP contribution is 2.42. The van der Waals surface area contributed by atoms with Crippen molar-refractivity contribution in [3.8, 4) is 0 Å². The van der Waals surface area contributed by atoms with Crippen LogP contribution < -0.4 is 10.6 Å². The fourth-order valence-electron chi connectivity index (χ4n) is 3.59. The van der Waals surface area contributed by atoms with E-state index in [0.717, 1.165) is 12.1 Å². The zero-order chi connectivity index (χ0) is 24.9. The largest absolute Gasteiger partial charge is 0.434 e. The number of hydrogen-bond acceptors (Lipinski definition) is 5. The summed E-state index contributed by atoms with van der Waals surface area (Å²) in [5.74, 6) is 0.195. The number of anilines is 1. The molecule has 0 fully saturated rings. The molecule has 0 radical (unpaired) electrons. The lowest BCUT2D eigenvalue weighted by Crippen LogP contribution is -2.23. The van der Waals surface area contributed by atoms with Crippen LogP contribution >= 0.6 is 7.14 Å². The summed E-state index contributed by atoms with van der Waals surface area (Å²) in [5.41, 5.74) is -1.97. The van der Waals surface area contributed by atoms with Gasteiger partial charge < -0.3 is 9.88 Å². The first kappa shape index (κ1) is 25.0. The molecule has 5 nitrogen and oxygen atoms in total. The van der Waals surface area contributed by atoms with Crippen molar-refractivity contribution in [2.75, 3.05) is 18.6 Å². The number of alkyl halides is 6. The minimum atomic E-state index is -4.85. The first-order valence-electron chi connectivity index (χ1n) is 9.75. The zero-order valence-electron chi connectivity index (χ0n) is 18.4. The van der Waals surface area contributed by atoms with Gasteiger partial charge in [0.2, 0.25) is 0 Å². The lowest BCUT2D eigenvalue weighted by Gasteiger charge is -2.22. The summed E-state index contributed by atoms with van der Waals surface area (Å²) in [6, 6.07) is 4.19. The third kappa shape index (κ3) is 5.13. The normalized spacial score (nSPS) is 13.9. The van der Waals surface area contributed by atoms with Crippen LogP contribution in [0.1, 0.15) is 41.2 Å². The Morgan fingerprint density at radius 1 is 0.970 bits per heavy atom. The van der Waals surface area contributed by atoms with Crippen LogP contribution in [0.5, 0.6) is 0 Å². The van der Waals surface area contributed by atoms with Gasteiger partial charge in [-0.15, -0.1) is 0 Å². The van der Waals surface area contributed by atoms with Gasteiger partial charge in [0, 0.05) is 5.30 Å². The number of rotatable bonds is 4. The smallest absolute Gasteiger partial charge is 0.363 e. The van der Waals surface area contributed by atoms with E-state index in [1.807, 2.05) is 0 Å². The molecule has 0 bridgehead atoms. The van der Waals surface area contributed by atoms with Crippen LogP contribution in [0.2, 0.25) is 0 Å². The molecule has 3 aromatic rings. The molecule has 0 aliphatic carbocycles. The number of halogens is 6. The van der Waals surface area contributed by atoms with E-state index in [-0.39, 0.29) is 28.2 Å². The standard InChI is InChI=1S/C21H21F6N4OP/c1-10-13(7-6-8-15(10)20(22,23)24)11(2)28-18-14-9-16(33(4,5)32)17(21(25,26)27)31-19(14)30-12(3)29-18/h6-9,11H,1-5H3,(H,28,29,30,31)/t11-/m1/s1. The first-order valence-corrected chi connectivity index (χ1v) is 12.4. The molecular weight excluding hydrogens is 469 g/mol. The maximum absolute atomic E-state index is 13.6. The van der Waals surface area contributed by atoms with E-state index in [4.69, 9.17) is 0 Å². The quantitative estimate of drug-likeness (QED) is 0.354. The number of fused-ring (bicyclic) bond motifs is 1. The van der Waals surface area contributed by atoms with Crippen LogP contribution in [-0.4, -0.2) is 28.3 Å². The van der Waals surface area contributed by atoms with Crippen LogP contribution in [0.4, 0.5) is 32.2 Å². The number of nitrogens with one attached hydrogen (secondary N) is 1. The summed E-state index contributed by atoms with van der Waals surface area (Å²) < 4.78 is 93.3. The van der Waals surface area contributed by atoms with Crippen molar-refractivity contribution in [2.45, 2.75) is 39.2 Å². The molecule has 0 spiro atoms. The highest BCUT2D eigenvalue weighted by atomic mass is 31.2. The van der Waals surface area contributed by atoms with Crippen LogP contribution in [0.25, 0.3) is 11.0 Å². The SMILES string of the molecule is Cc1nc(N[C@H](C)c2cccc(C(F)(F)F)c2C)c2cc(P(C)(C)=O)c(C(F)(F)F)nc2n1. The van der Waals surface area contributed by atoms with E-state index in [1.165, 1.54) is 39.3 Å². The van der Waals surface area contributed by atoms with Gasteiger partial charge in [-0.05, 0) is 57.4 Å². The number of benzene rings is 1. The second-order valence-corrected chi connectivity index (χ2v) is 11.3. The molecule has 0 unspecified atom stereocenters. The van der Waals surface area contributed by atoms with Crippen molar-refractivity contribution in [1.82, 2.24) is 15.0 Å². The maximum atomic E-state index is 13.6. The second kappa shape index (κ2) is 8.27. The average molecular weight is 490 g/mol. The van der Waals surface area contributed by atoms with Crippen LogP contribution in [0.15, 0.2) is 24.3 Å². The maximum Gasteiger partial charge on any atom is 0.434 e. The number of aryl methyl sites for hydroxylation is 1. The molecule has 33 heavy (non-hydrogen) atoms. The second-order valence-electron chi connectivity index (χ2n) is 8.08. The van der Waals surface area contributed by atoms with E-state index in [1.54, 1.807) is 6.92 Å². The van der Waals surface area contributed by atoms with Gasteiger partial charge in [-0.1, -0.05) is 12.1 Å². The molecule has 3 rings (SSSR count). The van der Waals surface area contributed by atoms with Crippen LogP contribution in [0, 0.1) is 13.8 Å². The predicted octanol–water partition coefficient (Wildman–Crippen LogP) is 6.10. The Hall–Kier alpha value is -2.68. The number of nitrogens with zero attached hydrogens (tertiary/aromatic N) is 3. The number of pyridine rings is 1. The fourth-order valence-corrected chi connectivity index (χ4v) is 4.72. The molecule has 1 N–H and O–H groups in total. The zero-order valence-corrected chi connectivity index (χ0v) is 19.2. The molecule has 178 valence electrons. The molecule has 0 amide bonds. The molecule has 0 aliphatic heterocycles. The lowest BCUT2D eigenvalue weighted by atomic mass is 9.97. The summed E-state index contributed by atoms with van der Waals surface area (Å²) in [5, 5.41) is 2.58. The molecule has 0 saturated carbocycles. The average Bonchev–Trinajstić information content (AvgIpc) is 2.64. The summed E-state index contributed by atoms with van der Waals surface area (Å²) in [7, 11) is -3.40. The van der Waals surface area contributed by atoms with E-state index in [0.29, 0.717) is 5.56 Å². The van der Waals surface area contributed by atoms with E-state index in [9.17, 15) is 30.9 Å². The highest BCUT2D eigenvalue weighted by Gasteiger charge is 2.39. The summed E-state index contributed by atoms with van der Waals surface area (Å²) in [4.78, 5) is 11.8. The van der Waals surface area contributed by atoms with Crippen molar-refractivity contribution in [3.05, 3.63) is 52.5 Å². The molecule has 1 aromatic carbocycles. The number of aromatic nitrogens is 3. The van der Waals surface area contributed by atoms with Gasteiger partial charge in [0.25, 0.3) is 0 Å². The van der Waals surface area contributed by atoms with Gasteiger partial charge in [0.1, 0.15) is 18.8 Å². The minimum Gasteiger partial charge on any atom is -0.363 e. The highest BCUT2D eigenvalue weighted by molar-refractivity contribution is 7.70. The summed E-state index contributed by atoms with van der Waals surface area (Å²) in [6.07, 6.45) is -9.38. The topological polar surface area (TPSA) is 67.8 Å². The lowest BCUT2D eigenvalue weighted by molar-refractivity contribution is -0.140. The van der Waals surface area contributed by atoms with Crippen molar-refractivity contribution < 1.29 is 30.9 Å².